The maximum atomic E-state index is 5.79. The molecule has 5 heteroatoms. The van der Waals surface area contributed by atoms with Crippen molar-refractivity contribution in [1.29, 1.82) is 0 Å². The summed E-state index contributed by atoms with van der Waals surface area (Å²) in [6, 6.07) is 5.62. The van der Waals surface area contributed by atoms with E-state index in [4.69, 9.17) is 11.6 Å². The number of rotatable bonds is 1. The van der Waals surface area contributed by atoms with Crippen molar-refractivity contribution >= 4 is 22.8 Å². The minimum Gasteiger partial charge on any atom is -0.335 e. The number of pyridine rings is 2. The fraction of sp³-hybridized carbons (Fsp3) is 0.0833. The number of imidazole rings is 1. The molecule has 0 unspecified atom stereocenters. The van der Waals surface area contributed by atoms with Crippen LogP contribution in [0.25, 0.3) is 22.7 Å². The Morgan fingerprint density at radius 2 is 2.06 bits per heavy atom. The summed E-state index contributed by atoms with van der Waals surface area (Å²) in [6.45, 7) is 1.99. The van der Waals surface area contributed by atoms with Crippen molar-refractivity contribution in [2.45, 2.75) is 6.92 Å². The quantitative estimate of drug-likeness (QED) is 0.716. The lowest BCUT2D eigenvalue weighted by Crippen LogP contribution is -1.84. The van der Waals surface area contributed by atoms with Crippen LogP contribution in [0.1, 0.15) is 5.56 Å². The van der Waals surface area contributed by atoms with E-state index in [1.54, 1.807) is 18.5 Å². The van der Waals surface area contributed by atoms with Gasteiger partial charge in [0.05, 0.1) is 10.5 Å². The molecule has 0 aromatic carbocycles. The fourth-order valence-electron chi connectivity index (χ4n) is 1.64. The van der Waals surface area contributed by atoms with Crippen molar-refractivity contribution < 1.29 is 0 Å². The molecule has 0 saturated carbocycles. The molecule has 0 atom stereocenters. The van der Waals surface area contributed by atoms with Crippen LogP contribution in [0.2, 0.25) is 5.02 Å². The van der Waals surface area contributed by atoms with E-state index in [1.807, 2.05) is 19.1 Å². The molecule has 3 rings (SSSR count). The Balaban J connectivity index is 2.14. The molecule has 1 N–H and O–H groups in total. The van der Waals surface area contributed by atoms with Gasteiger partial charge in [-0.05, 0) is 30.7 Å². The van der Waals surface area contributed by atoms with Crippen molar-refractivity contribution in [3.63, 3.8) is 0 Å². The molecule has 0 spiro atoms. The van der Waals surface area contributed by atoms with Gasteiger partial charge >= 0.3 is 0 Å². The molecular formula is C12H9ClN4. The molecule has 3 aromatic heterocycles. The smallest absolute Gasteiger partial charge is 0.178 e. The van der Waals surface area contributed by atoms with Crippen LogP contribution in [0, 0.1) is 6.92 Å². The standard InChI is InChI=1S/C12H9ClN4/c1-7-4-10-11(15-5-7)17-12(16-10)9-3-2-8(13)6-14-9/h2-6H,1H3,(H,15,16,17). The van der Waals surface area contributed by atoms with Gasteiger partial charge in [0.1, 0.15) is 5.69 Å². The van der Waals surface area contributed by atoms with Gasteiger partial charge in [-0.1, -0.05) is 11.6 Å². The number of aromatic amines is 1. The zero-order valence-electron chi connectivity index (χ0n) is 9.11. The van der Waals surface area contributed by atoms with Gasteiger partial charge in [0, 0.05) is 12.4 Å². The molecule has 0 amide bonds. The zero-order chi connectivity index (χ0) is 11.8. The first-order chi connectivity index (χ1) is 8.22. The third-order valence-electron chi connectivity index (χ3n) is 2.44. The van der Waals surface area contributed by atoms with Crippen LogP contribution in [-0.4, -0.2) is 19.9 Å². The summed E-state index contributed by atoms with van der Waals surface area (Å²) in [5.74, 6) is 0.703. The molecule has 4 nitrogen and oxygen atoms in total. The van der Waals surface area contributed by atoms with Crippen molar-refractivity contribution in [2.75, 3.05) is 0 Å². The molecule has 0 aliphatic carbocycles. The van der Waals surface area contributed by atoms with E-state index in [0.29, 0.717) is 16.5 Å². The maximum Gasteiger partial charge on any atom is 0.178 e. The SMILES string of the molecule is Cc1cnc2nc(-c3ccc(Cl)cn3)[nH]c2c1. The van der Waals surface area contributed by atoms with Crippen molar-refractivity contribution in [3.05, 3.63) is 41.2 Å². The number of aryl methyl sites for hydroxylation is 1. The summed E-state index contributed by atoms with van der Waals surface area (Å²) in [7, 11) is 0. The summed E-state index contributed by atoms with van der Waals surface area (Å²) >= 11 is 5.79. The molecule has 84 valence electrons. The summed E-state index contributed by atoms with van der Waals surface area (Å²) in [4.78, 5) is 16.0. The van der Waals surface area contributed by atoms with E-state index in [1.165, 1.54) is 0 Å². The highest BCUT2D eigenvalue weighted by Gasteiger charge is 2.07. The number of aromatic nitrogens is 4. The molecule has 0 aliphatic heterocycles. The molecule has 0 radical (unpaired) electrons. The number of H-pyrrole nitrogens is 1. The minimum atomic E-state index is 0.610. The first kappa shape index (κ1) is 10.2. The summed E-state index contributed by atoms with van der Waals surface area (Å²) in [6.07, 6.45) is 3.39. The number of nitrogens with zero attached hydrogens (tertiary/aromatic N) is 3. The van der Waals surface area contributed by atoms with Gasteiger partial charge in [0.2, 0.25) is 0 Å². The fourth-order valence-corrected chi connectivity index (χ4v) is 1.75. The molecule has 0 fully saturated rings. The molecule has 0 bridgehead atoms. The van der Waals surface area contributed by atoms with Crippen LogP contribution >= 0.6 is 11.6 Å². The van der Waals surface area contributed by atoms with E-state index in [0.717, 1.165) is 16.8 Å². The predicted molar refractivity (Wildman–Crippen MR) is 66.9 cm³/mol. The van der Waals surface area contributed by atoms with Crippen LogP contribution in [-0.2, 0) is 0 Å². The Morgan fingerprint density at radius 1 is 1.18 bits per heavy atom. The highest BCUT2D eigenvalue weighted by Crippen LogP contribution is 2.19. The third-order valence-corrected chi connectivity index (χ3v) is 2.67. The average molecular weight is 245 g/mol. The number of fused-ring (bicyclic) bond motifs is 1. The Kier molecular flexibility index (Phi) is 2.30. The number of hydrogen-bond acceptors (Lipinski definition) is 3. The van der Waals surface area contributed by atoms with Gasteiger partial charge in [-0.25, -0.2) is 9.97 Å². The van der Waals surface area contributed by atoms with Gasteiger partial charge < -0.3 is 4.98 Å². The lowest BCUT2D eigenvalue weighted by Gasteiger charge is -1.94. The Bertz CT molecular complexity index is 673. The molecule has 0 saturated heterocycles. The van der Waals surface area contributed by atoms with Crippen molar-refractivity contribution in [1.82, 2.24) is 19.9 Å². The lowest BCUT2D eigenvalue weighted by molar-refractivity contribution is 1.23. The van der Waals surface area contributed by atoms with Gasteiger partial charge in [-0.15, -0.1) is 0 Å². The van der Waals surface area contributed by atoms with E-state index in [2.05, 4.69) is 19.9 Å². The van der Waals surface area contributed by atoms with Crippen molar-refractivity contribution in [2.24, 2.45) is 0 Å². The molecule has 0 aliphatic rings. The number of hydrogen-bond donors (Lipinski definition) is 1. The highest BCUT2D eigenvalue weighted by molar-refractivity contribution is 6.30. The normalized spacial score (nSPS) is 10.9. The Hall–Kier alpha value is -1.94. The average Bonchev–Trinajstić information content (AvgIpc) is 2.72. The summed E-state index contributed by atoms with van der Waals surface area (Å²) < 4.78 is 0. The Morgan fingerprint density at radius 3 is 2.82 bits per heavy atom. The number of halogens is 1. The van der Waals surface area contributed by atoms with Crippen LogP contribution in [0.4, 0.5) is 0 Å². The summed E-state index contributed by atoms with van der Waals surface area (Å²) in [5.41, 5.74) is 3.46. The van der Waals surface area contributed by atoms with Crippen LogP contribution in [0.3, 0.4) is 0 Å². The van der Waals surface area contributed by atoms with Crippen molar-refractivity contribution in [3.8, 4) is 11.5 Å². The molecule has 3 heterocycles. The van der Waals surface area contributed by atoms with Gasteiger partial charge in [0.15, 0.2) is 11.5 Å². The second kappa shape index (κ2) is 3.82. The van der Waals surface area contributed by atoms with Gasteiger partial charge in [-0.2, -0.15) is 0 Å². The second-order valence-electron chi connectivity index (χ2n) is 3.83. The van der Waals surface area contributed by atoms with E-state index >= 15 is 0 Å². The summed E-state index contributed by atoms with van der Waals surface area (Å²) in [5, 5.41) is 0.610. The Labute approximate surface area is 103 Å². The van der Waals surface area contributed by atoms with E-state index in [-0.39, 0.29) is 0 Å². The van der Waals surface area contributed by atoms with Crippen LogP contribution in [0.5, 0.6) is 0 Å². The van der Waals surface area contributed by atoms with E-state index < -0.39 is 0 Å². The second-order valence-corrected chi connectivity index (χ2v) is 4.27. The van der Waals surface area contributed by atoms with Gasteiger partial charge in [0.25, 0.3) is 0 Å². The van der Waals surface area contributed by atoms with Crippen LogP contribution < -0.4 is 0 Å². The minimum absolute atomic E-state index is 0.610. The monoisotopic (exact) mass is 244 g/mol. The predicted octanol–water partition coefficient (Wildman–Crippen LogP) is 2.98. The first-order valence-corrected chi connectivity index (χ1v) is 5.54. The third kappa shape index (κ3) is 1.87. The topological polar surface area (TPSA) is 54.5 Å². The first-order valence-electron chi connectivity index (χ1n) is 5.17. The highest BCUT2D eigenvalue weighted by atomic mass is 35.5. The van der Waals surface area contributed by atoms with Crippen LogP contribution in [0.15, 0.2) is 30.6 Å². The zero-order valence-corrected chi connectivity index (χ0v) is 9.86. The van der Waals surface area contributed by atoms with E-state index in [9.17, 15) is 0 Å². The largest absolute Gasteiger partial charge is 0.335 e. The molecular weight excluding hydrogens is 236 g/mol. The molecule has 3 aromatic rings. The maximum absolute atomic E-state index is 5.79. The van der Waals surface area contributed by atoms with Gasteiger partial charge in [-0.3, -0.25) is 4.98 Å². The lowest BCUT2D eigenvalue weighted by atomic mass is 10.3. The molecule has 17 heavy (non-hydrogen) atoms. The number of nitrogens with one attached hydrogen (secondary N) is 1.